The molecule has 1 saturated heterocycles. The smallest absolute Gasteiger partial charge is 0.340 e. The third-order valence-electron chi connectivity index (χ3n) is 4.56. The van der Waals surface area contributed by atoms with E-state index in [1.807, 2.05) is 60.7 Å². The van der Waals surface area contributed by atoms with Gasteiger partial charge in [-0.3, -0.25) is 0 Å². The number of carbonyl (C=O) groups is 1. The second-order valence-electron chi connectivity index (χ2n) is 6.06. The number of ether oxygens (including phenoxy) is 2. The van der Waals surface area contributed by atoms with E-state index >= 15 is 0 Å². The summed E-state index contributed by atoms with van der Waals surface area (Å²) in [6.07, 6.45) is 0.809. The Morgan fingerprint density at radius 3 is 2.17 bits per heavy atom. The monoisotopic (exact) mass is 325 g/mol. The van der Waals surface area contributed by atoms with Crippen LogP contribution in [0.2, 0.25) is 0 Å². The van der Waals surface area contributed by atoms with Crippen molar-refractivity contribution in [2.75, 3.05) is 20.2 Å². The van der Waals surface area contributed by atoms with Gasteiger partial charge in [-0.25, -0.2) is 4.79 Å². The molecule has 0 saturated carbocycles. The van der Waals surface area contributed by atoms with Crippen molar-refractivity contribution >= 4 is 5.97 Å². The minimum absolute atomic E-state index is 0.338. The number of piperidine rings is 1. The highest BCUT2D eigenvalue weighted by Gasteiger charge is 2.39. The fraction of sp³-hybridized carbons (Fsp3) is 0.350. The number of nitrogens with one attached hydrogen (secondary N) is 1. The van der Waals surface area contributed by atoms with Gasteiger partial charge in [0.1, 0.15) is 5.60 Å². The first-order chi connectivity index (χ1) is 11.7. The molecule has 3 rings (SSSR count). The zero-order chi connectivity index (χ0) is 16.8. The van der Waals surface area contributed by atoms with Crippen molar-refractivity contribution in [3.8, 4) is 0 Å². The van der Waals surface area contributed by atoms with Gasteiger partial charge in [0.05, 0.1) is 0 Å². The summed E-state index contributed by atoms with van der Waals surface area (Å²) in [6.45, 7) is 1.65. The van der Waals surface area contributed by atoms with Crippen molar-refractivity contribution in [1.82, 2.24) is 5.32 Å². The van der Waals surface area contributed by atoms with E-state index in [0.29, 0.717) is 0 Å². The fourth-order valence-electron chi connectivity index (χ4n) is 3.26. The normalized spacial score (nSPS) is 17.9. The van der Waals surface area contributed by atoms with Gasteiger partial charge in [-0.15, -0.1) is 0 Å². The largest absolute Gasteiger partial charge is 0.452 e. The van der Waals surface area contributed by atoms with Crippen LogP contribution in [0.4, 0.5) is 0 Å². The summed E-state index contributed by atoms with van der Waals surface area (Å²) < 4.78 is 11.5. The summed E-state index contributed by atoms with van der Waals surface area (Å²) in [4.78, 5) is 12.9. The SMILES string of the molecule is COC(C(=O)OC1(c2ccccc2)CCNCC1)c1ccccc1. The molecule has 1 heterocycles. The highest BCUT2D eigenvalue weighted by molar-refractivity contribution is 5.77. The van der Waals surface area contributed by atoms with E-state index in [4.69, 9.17) is 9.47 Å². The zero-order valence-corrected chi connectivity index (χ0v) is 13.9. The van der Waals surface area contributed by atoms with Crippen LogP contribution >= 0.6 is 0 Å². The van der Waals surface area contributed by atoms with E-state index in [0.717, 1.165) is 37.1 Å². The Morgan fingerprint density at radius 2 is 1.58 bits per heavy atom. The molecule has 2 aromatic rings. The van der Waals surface area contributed by atoms with Crippen LogP contribution in [0.15, 0.2) is 60.7 Å². The van der Waals surface area contributed by atoms with Crippen molar-refractivity contribution in [1.29, 1.82) is 0 Å². The Hall–Kier alpha value is -2.17. The second kappa shape index (κ2) is 7.60. The number of carbonyl (C=O) groups excluding carboxylic acids is 1. The quantitative estimate of drug-likeness (QED) is 0.858. The fourth-order valence-corrected chi connectivity index (χ4v) is 3.26. The first-order valence-electron chi connectivity index (χ1n) is 8.32. The predicted octanol–water partition coefficient (Wildman–Crippen LogP) is 3.20. The minimum Gasteiger partial charge on any atom is -0.452 e. The van der Waals surface area contributed by atoms with E-state index in [1.165, 1.54) is 7.11 Å². The molecule has 1 N–H and O–H groups in total. The van der Waals surface area contributed by atoms with Crippen LogP contribution in [0.3, 0.4) is 0 Å². The summed E-state index contributed by atoms with van der Waals surface area (Å²) in [6, 6.07) is 19.5. The molecule has 0 bridgehead atoms. The van der Waals surface area contributed by atoms with Gasteiger partial charge in [-0.2, -0.15) is 0 Å². The summed E-state index contributed by atoms with van der Waals surface area (Å²) in [5.74, 6) is -0.338. The second-order valence-corrected chi connectivity index (χ2v) is 6.06. The molecule has 0 amide bonds. The Bertz CT molecular complexity index is 651. The average Bonchev–Trinajstić information content (AvgIpc) is 2.65. The van der Waals surface area contributed by atoms with Crippen LogP contribution < -0.4 is 5.32 Å². The molecule has 1 aliphatic rings. The summed E-state index contributed by atoms with van der Waals surface area (Å²) in [5.41, 5.74) is 1.26. The number of methoxy groups -OCH3 is 1. The van der Waals surface area contributed by atoms with Crippen LogP contribution in [0, 0.1) is 0 Å². The Kier molecular flexibility index (Phi) is 5.28. The molecule has 1 unspecified atom stereocenters. The van der Waals surface area contributed by atoms with Crippen LogP contribution in [-0.4, -0.2) is 26.2 Å². The third-order valence-corrected chi connectivity index (χ3v) is 4.56. The molecular formula is C20H23NO3. The number of esters is 1. The van der Waals surface area contributed by atoms with E-state index < -0.39 is 11.7 Å². The lowest BCUT2D eigenvalue weighted by molar-refractivity contribution is -0.176. The molecule has 0 aromatic heterocycles. The first-order valence-corrected chi connectivity index (χ1v) is 8.32. The summed E-state index contributed by atoms with van der Waals surface area (Å²) in [5, 5.41) is 3.33. The van der Waals surface area contributed by atoms with Gasteiger partial charge < -0.3 is 14.8 Å². The number of rotatable bonds is 5. The maximum absolute atomic E-state index is 12.9. The lowest BCUT2D eigenvalue weighted by atomic mass is 9.84. The van der Waals surface area contributed by atoms with Crippen molar-refractivity contribution in [3.05, 3.63) is 71.8 Å². The number of hydrogen-bond donors (Lipinski definition) is 1. The maximum atomic E-state index is 12.9. The van der Waals surface area contributed by atoms with E-state index in [9.17, 15) is 4.79 Å². The minimum atomic E-state index is -0.707. The molecule has 1 fully saturated rings. The molecule has 0 spiro atoms. The van der Waals surface area contributed by atoms with Gasteiger partial charge in [-0.05, 0) is 24.2 Å². The van der Waals surface area contributed by atoms with Crippen LogP contribution in [0.5, 0.6) is 0 Å². The van der Waals surface area contributed by atoms with Gasteiger partial charge in [-0.1, -0.05) is 60.7 Å². The van der Waals surface area contributed by atoms with Crippen LogP contribution in [-0.2, 0) is 19.9 Å². The third kappa shape index (κ3) is 3.50. The molecule has 0 radical (unpaired) electrons. The van der Waals surface area contributed by atoms with Crippen molar-refractivity contribution in [3.63, 3.8) is 0 Å². The Balaban J connectivity index is 1.86. The van der Waals surface area contributed by atoms with Gasteiger partial charge in [0.25, 0.3) is 0 Å². The molecule has 126 valence electrons. The van der Waals surface area contributed by atoms with Crippen molar-refractivity contribution in [2.45, 2.75) is 24.5 Å². The lowest BCUT2D eigenvalue weighted by Gasteiger charge is -2.38. The predicted molar refractivity (Wildman–Crippen MR) is 92.5 cm³/mol. The highest BCUT2D eigenvalue weighted by Crippen LogP contribution is 2.36. The topological polar surface area (TPSA) is 47.6 Å². The highest BCUT2D eigenvalue weighted by atomic mass is 16.6. The molecule has 4 heteroatoms. The molecule has 1 aliphatic heterocycles. The van der Waals surface area contributed by atoms with Gasteiger partial charge in [0.2, 0.25) is 0 Å². The van der Waals surface area contributed by atoms with E-state index in [2.05, 4.69) is 5.32 Å². The first kappa shape index (κ1) is 16.7. The molecule has 24 heavy (non-hydrogen) atoms. The molecule has 1 atom stereocenters. The maximum Gasteiger partial charge on any atom is 0.340 e. The summed E-state index contributed by atoms with van der Waals surface area (Å²) in [7, 11) is 1.54. The molecule has 0 aliphatic carbocycles. The Morgan fingerprint density at radius 1 is 1.00 bits per heavy atom. The van der Waals surface area contributed by atoms with E-state index in [1.54, 1.807) is 0 Å². The lowest BCUT2D eigenvalue weighted by Crippen LogP contribution is -2.44. The van der Waals surface area contributed by atoms with Crippen molar-refractivity contribution in [2.24, 2.45) is 0 Å². The van der Waals surface area contributed by atoms with Gasteiger partial charge in [0.15, 0.2) is 6.10 Å². The van der Waals surface area contributed by atoms with E-state index in [-0.39, 0.29) is 5.97 Å². The Labute approximate surface area is 142 Å². The molecular weight excluding hydrogens is 302 g/mol. The van der Waals surface area contributed by atoms with Crippen LogP contribution in [0.25, 0.3) is 0 Å². The number of hydrogen-bond acceptors (Lipinski definition) is 4. The van der Waals surface area contributed by atoms with Crippen LogP contribution in [0.1, 0.15) is 30.1 Å². The average molecular weight is 325 g/mol. The zero-order valence-electron chi connectivity index (χ0n) is 13.9. The van der Waals surface area contributed by atoms with Gasteiger partial charge >= 0.3 is 5.97 Å². The molecule has 4 nitrogen and oxygen atoms in total. The number of benzene rings is 2. The summed E-state index contributed by atoms with van der Waals surface area (Å²) >= 11 is 0. The van der Waals surface area contributed by atoms with Gasteiger partial charge in [0, 0.05) is 20.0 Å². The van der Waals surface area contributed by atoms with Crippen molar-refractivity contribution < 1.29 is 14.3 Å². The standard InChI is InChI=1S/C20H23NO3/c1-23-18(16-8-4-2-5-9-16)19(22)24-20(12-14-21-15-13-20)17-10-6-3-7-11-17/h2-11,18,21H,12-15H2,1H3. The molecule has 2 aromatic carbocycles.